The highest BCUT2D eigenvalue weighted by molar-refractivity contribution is 5.28. The third kappa shape index (κ3) is 2.72. The van der Waals surface area contributed by atoms with Crippen molar-refractivity contribution in [3.63, 3.8) is 0 Å². The normalized spacial score (nSPS) is 12.4. The summed E-state index contributed by atoms with van der Waals surface area (Å²) < 4.78 is 0. The number of aryl methyl sites for hydroxylation is 2. The first-order chi connectivity index (χ1) is 8.74. The average Bonchev–Trinajstić information content (AvgIpc) is 2.42. The Hall–Kier alpha value is -1.78. The van der Waals surface area contributed by atoms with Crippen LogP contribution in [0.2, 0.25) is 0 Å². The molecule has 4 nitrogen and oxygen atoms in total. The van der Waals surface area contributed by atoms with E-state index in [-0.39, 0.29) is 6.04 Å². The highest BCUT2D eigenvalue weighted by Gasteiger charge is 2.14. The molecule has 2 rings (SSSR count). The molecule has 0 saturated carbocycles. The van der Waals surface area contributed by atoms with Gasteiger partial charge in [0.15, 0.2) is 5.82 Å². The molecule has 1 unspecified atom stereocenters. The number of hydrazine groups is 1. The Bertz CT molecular complexity index is 490. The van der Waals surface area contributed by atoms with Crippen LogP contribution in [-0.2, 0) is 6.42 Å². The minimum absolute atomic E-state index is 0.170. The fourth-order valence-electron chi connectivity index (χ4n) is 1.82. The maximum Gasteiger partial charge on any atom is 0.150 e. The van der Waals surface area contributed by atoms with Gasteiger partial charge in [0.05, 0.1) is 0 Å². The number of nitrogens with one attached hydrogen (secondary N) is 1. The molecular formula is C14H18N4. The van der Waals surface area contributed by atoms with Crippen molar-refractivity contribution in [3.8, 4) is 0 Å². The van der Waals surface area contributed by atoms with Gasteiger partial charge in [0.1, 0.15) is 6.04 Å². The lowest BCUT2D eigenvalue weighted by Gasteiger charge is -2.15. The van der Waals surface area contributed by atoms with E-state index in [9.17, 15) is 0 Å². The molecular weight excluding hydrogens is 224 g/mol. The number of hydrogen-bond acceptors (Lipinski definition) is 4. The van der Waals surface area contributed by atoms with Crippen molar-refractivity contribution in [1.82, 2.24) is 15.4 Å². The molecule has 0 saturated heterocycles. The minimum Gasteiger partial charge on any atom is -0.270 e. The Morgan fingerprint density at radius 2 is 1.78 bits per heavy atom. The molecule has 1 heterocycles. The van der Waals surface area contributed by atoms with E-state index >= 15 is 0 Å². The zero-order valence-corrected chi connectivity index (χ0v) is 10.7. The van der Waals surface area contributed by atoms with E-state index in [0.29, 0.717) is 5.82 Å². The zero-order chi connectivity index (χ0) is 13.0. The second kappa shape index (κ2) is 5.71. The van der Waals surface area contributed by atoms with Crippen molar-refractivity contribution in [3.05, 3.63) is 59.2 Å². The van der Waals surface area contributed by atoms with E-state index in [0.717, 1.165) is 17.5 Å². The van der Waals surface area contributed by atoms with Crippen LogP contribution < -0.4 is 11.3 Å². The third-order valence-corrected chi connectivity index (χ3v) is 2.95. The van der Waals surface area contributed by atoms with Gasteiger partial charge in [0, 0.05) is 12.4 Å². The Kier molecular flexibility index (Phi) is 4.02. The van der Waals surface area contributed by atoms with Crippen molar-refractivity contribution in [2.75, 3.05) is 0 Å². The molecule has 0 amide bonds. The standard InChI is InChI=1S/C14H18N4/c1-3-11-4-6-12(7-5-11)13(18-15)14-16-8-10(2)9-17-14/h4-9,13,18H,3,15H2,1-2H3. The second-order valence-corrected chi connectivity index (χ2v) is 4.31. The van der Waals surface area contributed by atoms with Crippen molar-refractivity contribution < 1.29 is 0 Å². The van der Waals surface area contributed by atoms with Crippen molar-refractivity contribution in [1.29, 1.82) is 0 Å². The molecule has 2 aromatic rings. The molecule has 18 heavy (non-hydrogen) atoms. The molecule has 3 N–H and O–H groups in total. The summed E-state index contributed by atoms with van der Waals surface area (Å²) in [5.41, 5.74) is 6.18. The van der Waals surface area contributed by atoms with E-state index in [4.69, 9.17) is 5.84 Å². The number of nitrogens with zero attached hydrogens (tertiary/aromatic N) is 2. The Morgan fingerprint density at radius 1 is 1.17 bits per heavy atom. The van der Waals surface area contributed by atoms with E-state index in [1.54, 1.807) is 12.4 Å². The Morgan fingerprint density at radius 3 is 2.28 bits per heavy atom. The second-order valence-electron chi connectivity index (χ2n) is 4.31. The number of aromatic nitrogens is 2. The average molecular weight is 242 g/mol. The van der Waals surface area contributed by atoms with Crippen LogP contribution in [0.4, 0.5) is 0 Å². The maximum atomic E-state index is 5.62. The first-order valence-corrected chi connectivity index (χ1v) is 6.08. The first-order valence-electron chi connectivity index (χ1n) is 6.08. The van der Waals surface area contributed by atoms with Gasteiger partial charge >= 0.3 is 0 Å². The lowest BCUT2D eigenvalue weighted by atomic mass is 10.0. The molecule has 0 aliphatic carbocycles. The zero-order valence-electron chi connectivity index (χ0n) is 10.7. The summed E-state index contributed by atoms with van der Waals surface area (Å²) in [7, 11) is 0. The third-order valence-electron chi connectivity index (χ3n) is 2.95. The summed E-state index contributed by atoms with van der Waals surface area (Å²) >= 11 is 0. The predicted molar refractivity (Wildman–Crippen MR) is 71.8 cm³/mol. The van der Waals surface area contributed by atoms with Gasteiger partial charge in [-0.15, -0.1) is 0 Å². The van der Waals surface area contributed by atoms with Gasteiger partial charge in [0.2, 0.25) is 0 Å². The van der Waals surface area contributed by atoms with E-state index in [1.807, 2.05) is 6.92 Å². The van der Waals surface area contributed by atoms with Gasteiger partial charge in [-0.3, -0.25) is 5.84 Å². The summed E-state index contributed by atoms with van der Waals surface area (Å²) in [5, 5.41) is 0. The first kappa shape index (κ1) is 12.7. The van der Waals surface area contributed by atoms with Crippen LogP contribution in [0.25, 0.3) is 0 Å². The summed E-state index contributed by atoms with van der Waals surface area (Å²) in [4.78, 5) is 8.63. The smallest absolute Gasteiger partial charge is 0.150 e. The van der Waals surface area contributed by atoms with E-state index in [1.165, 1.54) is 5.56 Å². The molecule has 0 fully saturated rings. The predicted octanol–water partition coefficient (Wildman–Crippen LogP) is 1.90. The van der Waals surface area contributed by atoms with Crippen LogP contribution >= 0.6 is 0 Å². The number of benzene rings is 1. The summed E-state index contributed by atoms with van der Waals surface area (Å²) in [6, 6.07) is 8.16. The molecule has 0 bridgehead atoms. The van der Waals surface area contributed by atoms with E-state index in [2.05, 4.69) is 46.6 Å². The van der Waals surface area contributed by atoms with Gasteiger partial charge in [0.25, 0.3) is 0 Å². The minimum atomic E-state index is -0.170. The summed E-state index contributed by atoms with van der Waals surface area (Å²) in [6.07, 6.45) is 4.63. The largest absolute Gasteiger partial charge is 0.270 e. The van der Waals surface area contributed by atoms with Gasteiger partial charge in [-0.2, -0.15) is 0 Å². The Balaban J connectivity index is 2.29. The SMILES string of the molecule is CCc1ccc(C(NN)c2ncc(C)cn2)cc1. The molecule has 94 valence electrons. The summed E-state index contributed by atoms with van der Waals surface area (Å²) in [6.45, 7) is 4.10. The lowest BCUT2D eigenvalue weighted by Crippen LogP contribution is -2.30. The highest BCUT2D eigenvalue weighted by atomic mass is 15.2. The molecule has 0 radical (unpaired) electrons. The monoisotopic (exact) mass is 242 g/mol. The van der Waals surface area contributed by atoms with Crippen LogP contribution in [0.15, 0.2) is 36.7 Å². The van der Waals surface area contributed by atoms with Gasteiger partial charge in [-0.1, -0.05) is 31.2 Å². The lowest BCUT2D eigenvalue weighted by molar-refractivity contribution is 0.600. The van der Waals surface area contributed by atoms with Crippen LogP contribution in [0.5, 0.6) is 0 Å². The molecule has 0 spiro atoms. The van der Waals surface area contributed by atoms with Crippen LogP contribution in [0.1, 0.15) is 35.5 Å². The maximum absolute atomic E-state index is 5.62. The Labute approximate surface area is 107 Å². The number of nitrogens with two attached hydrogens (primary N) is 1. The molecule has 1 atom stereocenters. The number of rotatable bonds is 4. The van der Waals surface area contributed by atoms with Gasteiger partial charge in [-0.05, 0) is 30.0 Å². The van der Waals surface area contributed by atoms with Crippen molar-refractivity contribution in [2.45, 2.75) is 26.3 Å². The number of hydrogen-bond donors (Lipinski definition) is 2. The fraction of sp³-hybridized carbons (Fsp3) is 0.286. The molecule has 0 aliphatic rings. The van der Waals surface area contributed by atoms with E-state index < -0.39 is 0 Å². The molecule has 0 aliphatic heterocycles. The molecule has 4 heteroatoms. The molecule has 1 aromatic carbocycles. The highest BCUT2D eigenvalue weighted by Crippen LogP contribution is 2.18. The fourth-order valence-corrected chi connectivity index (χ4v) is 1.82. The van der Waals surface area contributed by atoms with Crippen LogP contribution in [-0.4, -0.2) is 9.97 Å². The van der Waals surface area contributed by atoms with Crippen molar-refractivity contribution >= 4 is 0 Å². The topological polar surface area (TPSA) is 63.8 Å². The van der Waals surface area contributed by atoms with Gasteiger partial charge in [-0.25, -0.2) is 15.4 Å². The quantitative estimate of drug-likeness (QED) is 0.635. The molecule has 1 aromatic heterocycles. The van der Waals surface area contributed by atoms with Crippen LogP contribution in [0.3, 0.4) is 0 Å². The van der Waals surface area contributed by atoms with Crippen molar-refractivity contribution in [2.24, 2.45) is 5.84 Å². The summed E-state index contributed by atoms with van der Waals surface area (Å²) in [5.74, 6) is 6.30. The van der Waals surface area contributed by atoms with Gasteiger partial charge < -0.3 is 0 Å². The van der Waals surface area contributed by atoms with Crippen LogP contribution in [0, 0.1) is 6.92 Å².